The van der Waals surface area contributed by atoms with Crippen LogP contribution in [0.4, 0.5) is 11.4 Å². The largest absolute Gasteiger partial charge is 0.376 e. The summed E-state index contributed by atoms with van der Waals surface area (Å²) in [6.07, 6.45) is 0. The highest BCUT2D eigenvalue weighted by Crippen LogP contribution is 2.27. The van der Waals surface area contributed by atoms with Gasteiger partial charge in [0.1, 0.15) is 5.69 Å². The molecule has 4 nitrogen and oxygen atoms in total. The molecule has 1 rings (SSSR count). The van der Waals surface area contributed by atoms with E-state index < -0.39 is 4.92 Å². The van der Waals surface area contributed by atoms with Crippen molar-refractivity contribution in [3.63, 3.8) is 0 Å². The first kappa shape index (κ1) is 11.5. The topological polar surface area (TPSA) is 55.2 Å². The van der Waals surface area contributed by atoms with Crippen molar-refractivity contribution in [2.45, 2.75) is 6.92 Å². The lowest BCUT2D eigenvalue weighted by Gasteiger charge is -2.06. The van der Waals surface area contributed by atoms with Gasteiger partial charge in [0.05, 0.1) is 4.92 Å². The average molecular weight is 227 g/mol. The number of rotatable bonds is 4. The van der Waals surface area contributed by atoms with Gasteiger partial charge in [-0.3, -0.25) is 10.1 Å². The average Bonchev–Trinajstić information content (AvgIpc) is 2.14. The van der Waals surface area contributed by atoms with E-state index in [4.69, 9.17) is 11.6 Å². The van der Waals surface area contributed by atoms with Crippen LogP contribution in [-0.4, -0.2) is 11.5 Å². The van der Waals surface area contributed by atoms with Crippen molar-refractivity contribution in [3.05, 3.63) is 45.5 Å². The Bertz CT molecular complexity index is 404. The summed E-state index contributed by atoms with van der Waals surface area (Å²) in [4.78, 5) is 10.2. The van der Waals surface area contributed by atoms with Gasteiger partial charge in [0.2, 0.25) is 0 Å². The van der Waals surface area contributed by atoms with Gasteiger partial charge in [0, 0.05) is 17.6 Å². The van der Waals surface area contributed by atoms with E-state index in [1.54, 1.807) is 0 Å². The Morgan fingerprint density at radius 1 is 1.67 bits per heavy atom. The minimum atomic E-state index is -0.447. The van der Waals surface area contributed by atoms with E-state index in [1.165, 1.54) is 18.2 Å². The summed E-state index contributed by atoms with van der Waals surface area (Å²) in [5.74, 6) is 0. The maximum Gasteiger partial charge on any atom is 0.292 e. The first-order valence-electron chi connectivity index (χ1n) is 4.33. The molecular weight excluding hydrogens is 216 g/mol. The summed E-state index contributed by atoms with van der Waals surface area (Å²) in [6, 6.07) is 4.40. The number of nitrogens with zero attached hydrogens (tertiary/aromatic N) is 1. The van der Waals surface area contributed by atoms with Gasteiger partial charge in [-0.2, -0.15) is 0 Å². The summed E-state index contributed by atoms with van der Waals surface area (Å²) in [7, 11) is 0. The van der Waals surface area contributed by atoms with E-state index in [-0.39, 0.29) is 5.69 Å². The Hall–Kier alpha value is -1.55. The molecule has 0 aliphatic heterocycles. The molecule has 0 spiro atoms. The van der Waals surface area contributed by atoms with Crippen molar-refractivity contribution in [2.75, 3.05) is 11.9 Å². The maximum atomic E-state index is 10.7. The number of nitro groups is 1. The number of benzene rings is 1. The lowest BCUT2D eigenvalue weighted by atomic mass is 10.2. The van der Waals surface area contributed by atoms with Crippen LogP contribution >= 0.6 is 11.6 Å². The highest BCUT2D eigenvalue weighted by molar-refractivity contribution is 6.31. The lowest BCUT2D eigenvalue weighted by Crippen LogP contribution is -2.04. The van der Waals surface area contributed by atoms with Crippen LogP contribution in [0.5, 0.6) is 0 Å². The van der Waals surface area contributed by atoms with Gasteiger partial charge in [-0.05, 0) is 19.1 Å². The number of hydrogen-bond donors (Lipinski definition) is 1. The number of halogens is 1. The number of hydrogen-bond acceptors (Lipinski definition) is 3. The van der Waals surface area contributed by atoms with Gasteiger partial charge in [0.25, 0.3) is 5.69 Å². The van der Waals surface area contributed by atoms with Crippen LogP contribution < -0.4 is 5.32 Å². The zero-order valence-corrected chi connectivity index (χ0v) is 9.04. The normalized spacial score (nSPS) is 9.73. The Labute approximate surface area is 92.7 Å². The quantitative estimate of drug-likeness (QED) is 0.487. The smallest absolute Gasteiger partial charge is 0.292 e. The molecule has 5 heteroatoms. The van der Waals surface area contributed by atoms with Gasteiger partial charge in [-0.1, -0.05) is 23.8 Å². The van der Waals surface area contributed by atoms with E-state index >= 15 is 0 Å². The zero-order chi connectivity index (χ0) is 11.4. The van der Waals surface area contributed by atoms with Crippen LogP contribution in [0.1, 0.15) is 6.92 Å². The van der Waals surface area contributed by atoms with Crippen molar-refractivity contribution in [1.29, 1.82) is 0 Å². The van der Waals surface area contributed by atoms with Crippen molar-refractivity contribution in [2.24, 2.45) is 0 Å². The minimum Gasteiger partial charge on any atom is -0.376 e. The van der Waals surface area contributed by atoms with E-state index in [1.807, 2.05) is 6.92 Å². The standard InChI is InChI=1S/C10H11ClN2O2/c1-7(2)6-12-9-5-8(11)3-4-10(9)13(14)15/h3-5,12H,1,6H2,2H3. The van der Waals surface area contributed by atoms with Crippen LogP contribution in [0.15, 0.2) is 30.4 Å². The molecule has 80 valence electrons. The first-order valence-corrected chi connectivity index (χ1v) is 4.70. The third-order valence-corrected chi connectivity index (χ3v) is 1.97. The molecule has 0 bridgehead atoms. The Morgan fingerprint density at radius 3 is 2.87 bits per heavy atom. The molecule has 1 aromatic carbocycles. The van der Waals surface area contributed by atoms with Crippen LogP contribution in [0.3, 0.4) is 0 Å². The van der Waals surface area contributed by atoms with E-state index in [9.17, 15) is 10.1 Å². The number of nitrogens with one attached hydrogen (secondary N) is 1. The lowest BCUT2D eigenvalue weighted by molar-refractivity contribution is -0.383. The fourth-order valence-corrected chi connectivity index (χ4v) is 1.23. The molecule has 0 aliphatic carbocycles. The summed E-state index contributed by atoms with van der Waals surface area (Å²) < 4.78 is 0. The Balaban J connectivity index is 2.96. The summed E-state index contributed by atoms with van der Waals surface area (Å²) >= 11 is 5.75. The highest BCUT2D eigenvalue weighted by atomic mass is 35.5. The van der Waals surface area contributed by atoms with Gasteiger partial charge in [0.15, 0.2) is 0 Å². The zero-order valence-electron chi connectivity index (χ0n) is 8.29. The molecular formula is C10H11ClN2O2. The minimum absolute atomic E-state index is 0.0145. The Morgan fingerprint density at radius 2 is 2.33 bits per heavy atom. The molecule has 0 atom stereocenters. The van der Waals surface area contributed by atoms with Crippen LogP contribution in [0.25, 0.3) is 0 Å². The van der Waals surface area contributed by atoms with Gasteiger partial charge >= 0.3 is 0 Å². The fraction of sp³-hybridized carbons (Fsp3) is 0.200. The van der Waals surface area contributed by atoms with E-state index in [0.717, 1.165) is 5.57 Å². The number of nitro benzene ring substituents is 1. The first-order chi connectivity index (χ1) is 7.00. The molecule has 1 N–H and O–H groups in total. The molecule has 0 aromatic heterocycles. The molecule has 0 radical (unpaired) electrons. The molecule has 0 fully saturated rings. The molecule has 0 unspecified atom stereocenters. The second-order valence-corrected chi connectivity index (χ2v) is 3.67. The molecule has 0 amide bonds. The van der Waals surface area contributed by atoms with Crippen LogP contribution in [0.2, 0.25) is 5.02 Å². The predicted octanol–water partition coefficient (Wildman–Crippen LogP) is 3.24. The highest BCUT2D eigenvalue weighted by Gasteiger charge is 2.12. The second-order valence-electron chi connectivity index (χ2n) is 3.23. The van der Waals surface area contributed by atoms with E-state index in [0.29, 0.717) is 17.3 Å². The number of anilines is 1. The molecule has 15 heavy (non-hydrogen) atoms. The van der Waals surface area contributed by atoms with Crippen LogP contribution in [0, 0.1) is 10.1 Å². The third kappa shape index (κ3) is 3.25. The Kier molecular flexibility index (Phi) is 3.68. The van der Waals surface area contributed by atoms with Crippen LogP contribution in [-0.2, 0) is 0 Å². The monoisotopic (exact) mass is 226 g/mol. The molecule has 0 heterocycles. The van der Waals surface area contributed by atoms with Gasteiger partial charge < -0.3 is 5.32 Å². The fourth-order valence-electron chi connectivity index (χ4n) is 1.06. The van der Waals surface area contributed by atoms with Gasteiger partial charge in [-0.25, -0.2) is 0 Å². The molecule has 0 aliphatic rings. The predicted molar refractivity (Wildman–Crippen MR) is 61.4 cm³/mol. The van der Waals surface area contributed by atoms with Gasteiger partial charge in [-0.15, -0.1) is 0 Å². The summed E-state index contributed by atoms with van der Waals surface area (Å²) in [5, 5.41) is 14.0. The third-order valence-electron chi connectivity index (χ3n) is 1.74. The van der Waals surface area contributed by atoms with Crippen molar-refractivity contribution in [1.82, 2.24) is 0 Å². The van der Waals surface area contributed by atoms with E-state index in [2.05, 4.69) is 11.9 Å². The summed E-state index contributed by atoms with van der Waals surface area (Å²) in [6.45, 7) is 6.03. The maximum absolute atomic E-state index is 10.7. The van der Waals surface area contributed by atoms with Crippen molar-refractivity contribution >= 4 is 23.0 Å². The second kappa shape index (κ2) is 4.79. The molecule has 0 saturated heterocycles. The SMILES string of the molecule is C=C(C)CNc1cc(Cl)ccc1[N+](=O)[O-]. The molecule has 1 aromatic rings. The van der Waals surface area contributed by atoms with Crippen molar-refractivity contribution in [3.8, 4) is 0 Å². The molecule has 0 saturated carbocycles. The van der Waals surface area contributed by atoms with Crippen molar-refractivity contribution < 1.29 is 4.92 Å². The summed E-state index contributed by atoms with van der Waals surface area (Å²) in [5.41, 5.74) is 1.32.